The molecule has 0 spiro atoms. The van der Waals surface area contributed by atoms with Crippen molar-refractivity contribution in [2.75, 3.05) is 0 Å². The number of benzene rings is 2. The number of aryl methyl sites for hydroxylation is 1. The minimum atomic E-state index is -4.02. The summed E-state index contributed by atoms with van der Waals surface area (Å²) in [4.78, 5) is 11.8. The Hall–Kier alpha value is -2.22. The first-order valence-electron chi connectivity index (χ1n) is 10.3. The molecular weight excluding hydrogens is 402 g/mol. The van der Waals surface area contributed by atoms with Crippen LogP contribution in [0.25, 0.3) is 0 Å². The van der Waals surface area contributed by atoms with E-state index in [0.29, 0.717) is 12.5 Å². The molecule has 1 aliphatic carbocycles. The Morgan fingerprint density at radius 2 is 1.67 bits per heavy atom. The minimum absolute atomic E-state index is 0.0666. The predicted octanol–water partition coefficient (Wildman–Crippen LogP) is 4.27. The summed E-state index contributed by atoms with van der Waals surface area (Å²) < 4.78 is 34.8. The van der Waals surface area contributed by atoms with Crippen LogP contribution < -0.4 is 5.73 Å². The molecule has 0 amide bonds. The molecule has 2 aromatic carbocycles. The number of rotatable bonds is 6. The maximum absolute atomic E-state index is 11.8. The zero-order valence-electron chi connectivity index (χ0n) is 17.4. The second-order valence-corrected chi connectivity index (χ2v) is 9.15. The van der Waals surface area contributed by atoms with E-state index in [1.54, 1.807) is 12.1 Å². The van der Waals surface area contributed by atoms with E-state index in [2.05, 4.69) is 0 Å². The molecule has 1 fully saturated rings. The molecule has 1 saturated carbocycles. The zero-order chi connectivity index (χ0) is 22.0. The Kier molecular flexibility index (Phi) is 9.49. The van der Waals surface area contributed by atoms with Crippen LogP contribution in [0.15, 0.2) is 59.5 Å². The van der Waals surface area contributed by atoms with Crippen molar-refractivity contribution in [2.24, 2.45) is 11.7 Å². The molecule has 0 saturated heterocycles. The van der Waals surface area contributed by atoms with Gasteiger partial charge in [0.05, 0.1) is 4.90 Å². The van der Waals surface area contributed by atoms with Gasteiger partial charge in [-0.05, 0) is 37.0 Å². The smallest absolute Gasteiger partial charge is 0.323 e. The average Bonchev–Trinajstić information content (AvgIpc) is 2.73. The van der Waals surface area contributed by atoms with E-state index < -0.39 is 16.2 Å². The molecule has 3 rings (SSSR count). The number of hydrogen-bond donors (Lipinski definition) is 2. The molecule has 30 heavy (non-hydrogen) atoms. The number of esters is 1. The van der Waals surface area contributed by atoms with Gasteiger partial charge in [0.1, 0.15) is 12.6 Å². The summed E-state index contributed by atoms with van der Waals surface area (Å²) in [6.07, 6.45) is 7.06. The number of ether oxygens (including phenoxy) is 1. The maximum Gasteiger partial charge on any atom is 0.323 e. The Bertz CT molecular complexity index is 876. The fraction of sp³-hybridized carbons (Fsp3) is 0.435. The molecule has 164 valence electrons. The van der Waals surface area contributed by atoms with Crippen molar-refractivity contribution in [2.45, 2.75) is 63.0 Å². The van der Waals surface area contributed by atoms with Crippen LogP contribution in [-0.2, 0) is 26.3 Å². The second kappa shape index (κ2) is 11.8. The van der Waals surface area contributed by atoms with E-state index in [4.69, 9.17) is 15.0 Å². The lowest BCUT2D eigenvalue weighted by Gasteiger charge is -2.23. The van der Waals surface area contributed by atoms with E-state index in [0.717, 1.165) is 17.5 Å². The first-order chi connectivity index (χ1) is 14.3. The lowest BCUT2D eigenvalue weighted by Crippen LogP contribution is -2.34. The summed E-state index contributed by atoms with van der Waals surface area (Å²) in [6, 6.07) is 15.2. The summed E-state index contributed by atoms with van der Waals surface area (Å²) in [7, 11) is -4.02. The van der Waals surface area contributed by atoms with Gasteiger partial charge in [0.15, 0.2) is 0 Å². The van der Waals surface area contributed by atoms with Crippen molar-refractivity contribution in [1.82, 2.24) is 0 Å². The normalized spacial score (nSPS) is 15.6. The van der Waals surface area contributed by atoms with Crippen molar-refractivity contribution in [3.63, 3.8) is 0 Å². The summed E-state index contributed by atoms with van der Waals surface area (Å²) in [5.74, 6) is 0.336. The molecule has 1 aliphatic rings. The molecule has 0 aliphatic heterocycles. The Morgan fingerprint density at radius 3 is 2.23 bits per heavy atom. The molecule has 0 aromatic heterocycles. The Morgan fingerprint density at radius 1 is 1.07 bits per heavy atom. The molecule has 0 unspecified atom stereocenters. The molecule has 6 nitrogen and oxygen atoms in total. The Balaban J connectivity index is 0.000000248. The van der Waals surface area contributed by atoms with Crippen LogP contribution in [0.2, 0.25) is 0 Å². The van der Waals surface area contributed by atoms with Gasteiger partial charge in [-0.2, -0.15) is 8.42 Å². The van der Waals surface area contributed by atoms with E-state index in [1.807, 2.05) is 37.3 Å². The third-order valence-corrected chi connectivity index (χ3v) is 6.03. The highest BCUT2D eigenvalue weighted by Gasteiger charge is 2.22. The summed E-state index contributed by atoms with van der Waals surface area (Å²) in [5, 5.41) is 0. The lowest BCUT2D eigenvalue weighted by atomic mass is 9.85. The van der Waals surface area contributed by atoms with Crippen LogP contribution in [0.5, 0.6) is 0 Å². The SMILES string of the molecule is Cc1ccc(S(=O)(=O)O)cc1.N[C@@H](CC1CCCCC1)C(=O)OCc1ccccc1. The summed E-state index contributed by atoms with van der Waals surface area (Å²) in [6.45, 7) is 2.16. The fourth-order valence-corrected chi connectivity index (χ4v) is 3.90. The fourth-order valence-electron chi connectivity index (χ4n) is 3.42. The monoisotopic (exact) mass is 433 g/mol. The van der Waals surface area contributed by atoms with Crippen LogP contribution in [0, 0.1) is 12.8 Å². The van der Waals surface area contributed by atoms with Crippen molar-refractivity contribution in [1.29, 1.82) is 0 Å². The van der Waals surface area contributed by atoms with Crippen LogP contribution in [0.1, 0.15) is 49.7 Å². The first kappa shape index (κ1) is 24.1. The summed E-state index contributed by atoms with van der Waals surface area (Å²) >= 11 is 0. The first-order valence-corrected chi connectivity index (χ1v) is 11.7. The van der Waals surface area contributed by atoms with Gasteiger partial charge in [-0.25, -0.2) is 0 Å². The van der Waals surface area contributed by atoms with Gasteiger partial charge in [-0.3, -0.25) is 9.35 Å². The van der Waals surface area contributed by atoms with Gasteiger partial charge in [-0.15, -0.1) is 0 Å². The summed E-state index contributed by atoms with van der Waals surface area (Å²) in [5.41, 5.74) is 7.89. The van der Waals surface area contributed by atoms with Crippen molar-refractivity contribution < 1.29 is 22.5 Å². The molecule has 7 heteroatoms. The molecule has 2 aromatic rings. The quantitative estimate of drug-likeness (QED) is 0.520. The van der Waals surface area contributed by atoms with E-state index in [-0.39, 0.29) is 10.9 Å². The number of nitrogens with two attached hydrogens (primary N) is 1. The maximum atomic E-state index is 11.8. The van der Waals surface area contributed by atoms with E-state index >= 15 is 0 Å². The molecule has 3 N–H and O–H groups in total. The van der Waals surface area contributed by atoms with Crippen LogP contribution in [0.3, 0.4) is 0 Å². The van der Waals surface area contributed by atoms with Gasteiger partial charge < -0.3 is 10.5 Å². The third-order valence-electron chi connectivity index (χ3n) is 5.16. The number of carbonyl (C=O) groups is 1. The van der Waals surface area contributed by atoms with Crippen molar-refractivity contribution in [3.8, 4) is 0 Å². The van der Waals surface area contributed by atoms with Gasteiger partial charge in [0.25, 0.3) is 10.1 Å². The Labute approximate surface area is 179 Å². The van der Waals surface area contributed by atoms with Crippen LogP contribution >= 0.6 is 0 Å². The van der Waals surface area contributed by atoms with Crippen LogP contribution in [0.4, 0.5) is 0 Å². The molecular formula is C23H31NO5S. The van der Waals surface area contributed by atoms with Crippen molar-refractivity contribution >= 4 is 16.1 Å². The van der Waals surface area contributed by atoms with E-state index in [9.17, 15) is 13.2 Å². The van der Waals surface area contributed by atoms with Gasteiger partial charge >= 0.3 is 5.97 Å². The molecule has 0 bridgehead atoms. The highest BCUT2D eigenvalue weighted by molar-refractivity contribution is 7.85. The van der Waals surface area contributed by atoms with Crippen LogP contribution in [-0.4, -0.2) is 25.0 Å². The molecule has 0 radical (unpaired) electrons. The third kappa shape index (κ3) is 8.65. The lowest BCUT2D eigenvalue weighted by molar-refractivity contribution is -0.147. The molecule has 0 heterocycles. The van der Waals surface area contributed by atoms with Gasteiger partial charge in [-0.1, -0.05) is 80.1 Å². The average molecular weight is 434 g/mol. The number of hydrogen-bond acceptors (Lipinski definition) is 5. The largest absolute Gasteiger partial charge is 0.460 e. The predicted molar refractivity (Wildman–Crippen MR) is 116 cm³/mol. The number of carbonyl (C=O) groups excluding carboxylic acids is 1. The van der Waals surface area contributed by atoms with Gasteiger partial charge in [0, 0.05) is 0 Å². The molecule has 1 atom stereocenters. The highest BCUT2D eigenvalue weighted by atomic mass is 32.2. The van der Waals surface area contributed by atoms with Crippen molar-refractivity contribution in [3.05, 3.63) is 65.7 Å². The zero-order valence-corrected chi connectivity index (χ0v) is 18.2. The second-order valence-electron chi connectivity index (χ2n) is 7.73. The topological polar surface area (TPSA) is 107 Å². The standard InChI is InChI=1S/C16H23NO2.C7H8O3S/c17-15(11-13-7-3-1-4-8-13)16(18)19-12-14-9-5-2-6-10-14;1-6-2-4-7(5-3-6)11(8,9)10/h2,5-6,9-10,13,15H,1,3-4,7-8,11-12,17H2;2-5H,1H3,(H,8,9,10)/t15-;/m0./s1. The minimum Gasteiger partial charge on any atom is -0.460 e. The van der Waals surface area contributed by atoms with Gasteiger partial charge in [0.2, 0.25) is 0 Å². The van der Waals surface area contributed by atoms with E-state index in [1.165, 1.54) is 44.2 Å². The highest BCUT2D eigenvalue weighted by Crippen LogP contribution is 2.27.